The quantitative estimate of drug-likeness (QED) is 0.291. The van der Waals surface area contributed by atoms with E-state index in [1.165, 1.54) is 12.1 Å². The molecule has 0 radical (unpaired) electrons. The van der Waals surface area contributed by atoms with Crippen molar-refractivity contribution in [3.8, 4) is 0 Å². The first-order chi connectivity index (χ1) is 16.7. The van der Waals surface area contributed by atoms with Crippen molar-refractivity contribution in [1.29, 1.82) is 0 Å². The second-order valence-electron chi connectivity index (χ2n) is 9.29. The maximum absolute atomic E-state index is 13.2. The largest absolute Gasteiger partial charge is 0.416 e. The van der Waals surface area contributed by atoms with E-state index < -0.39 is 11.7 Å². The molecular weight excluding hydrogens is 449 g/mol. The Bertz CT molecular complexity index is 1280. The van der Waals surface area contributed by atoms with E-state index in [1.54, 1.807) is 0 Å². The summed E-state index contributed by atoms with van der Waals surface area (Å²) in [5, 5.41) is 3.95. The number of nitrogens with one attached hydrogen (secondary N) is 1. The average molecular weight is 479 g/mol. The number of aromatic nitrogens is 1. The molecule has 1 aromatic heterocycles. The molecule has 0 spiro atoms. The van der Waals surface area contributed by atoms with E-state index in [4.69, 9.17) is 0 Å². The second-order valence-corrected chi connectivity index (χ2v) is 9.29. The predicted molar refractivity (Wildman–Crippen MR) is 133 cm³/mol. The van der Waals surface area contributed by atoms with Crippen molar-refractivity contribution in [2.45, 2.75) is 38.9 Å². The summed E-state index contributed by atoms with van der Waals surface area (Å²) in [6, 6.07) is 23.2. The number of halogens is 3. The Morgan fingerprint density at radius 2 is 1.57 bits per heavy atom. The molecule has 3 aromatic carbocycles. The van der Waals surface area contributed by atoms with Crippen LogP contribution in [0.3, 0.4) is 0 Å². The number of para-hydroxylation sites is 1. The molecule has 6 heteroatoms. The monoisotopic (exact) mass is 478 g/mol. The standard InChI is InChI=1S/C29H29F3N2O/c1-20(2)17-33-28(35)16-25(22-12-14-23(15-13-22)29(30,31)32)26-19-34(18-21-8-4-3-5-9-21)27-11-7-6-10-24(26)27/h3-15,19-20,25H,16-18H2,1-2H3,(H,33,35). The van der Waals surface area contributed by atoms with E-state index in [-0.39, 0.29) is 18.2 Å². The topological polar surface area (TPSA) is 34.0 Å². The summed E-state index contributed by atoms with van der Waals surface area (Å²) in [7, 11) is 0. The van der Waals surface area contributed by atoms with E-state index in [0.717, 1.165) is 34.2 Å². The number of carbonyl (C=O) groups excluding carboxylic acids is 1. The minimum absolute atomic E-state index is 0.122. The van der Waals surface area contributed by atoms with Gasteiger partial charge in [0, 0.05) is 42.5 Å². The number of rotatable bonds is 8. The molecular formula is C29H29F3N2O. The van der Waals surface area contributed by atoms with Crippen molar-refractivity contribution in [3.63, 3.8) is 0 Å². The van der Waals surface area contributed by atoms with Gasteiger partial charge in [0.2, 0.25) is 5.91 Å². The van der Waals surface area contributed by atoms with Gasteiger partial charge in [0.15, 0.2) is 0 Å². The van der Waals surface area contributed by atoms with E-state index in [1.807, 2.05) is 62.5 Å². The van der Waals surface area contributed by atoms with Gasteiger partial charge in [-0.05, 0) is 40.8 Å². The van der Waals surface area contributed by atoms with Crippen molar-refractivity contribution in [1.82, 2.24) is 9.88 Å². The van der Waals surface area contributed by atoms with E-state index in [9.17, 15) is 18.0 Å². The molecule has 3 nitrogen and oxygen atoms in total. The average Bonchev–Trinajstić information content (AvgIpc) is 3.19. The molecule has 1 heterocycles. The first kappa shape index (κ1) is 24.6. The number of hydrogen-bond donors (Lipinski definition) is 1. The number of carbonyl (C=O) groups is 1. The summed E-state index contributed by atoms with van der Waals surface area (Å²) in [5.74, 6) is -0.203. The fourth-order valence-electron chi connectivity index (χ4n) is 4.35. The van der Waals surface area contributed by atoms with Crippen molar-refractivity contribution in [2.24, 2.45) is 5.92 Å². The Morgan fingerprint density at radius 3 is 2.23 bits per heavy atom. The summed E-state index contributed by atoms with van der Waals surface area (Å²) < 4.78 is 41.7. The molecule has 4 aromatic rings. The first-order valence-corrected chi connectivity index (χ1v) is 11.8. The van der Waals surface area contributed by atoms with Gasteiger partial charge in [-0.25, -0.2) is 0 Å². The number of alkyl halides is 3. The van der Waals surface area contributed by atoms with Crippen LogP contribution in [0.5, 0.6) is 0 Å². The van der Waals surface area contributed by atoms with Crippen LogP contribution >= 0.6 is 0 Å². The van der Waals surface area contributed by atoms with Gasteiger partial charge in [0.1, 0.15) is 0 Å². The maximum Gasteiger partial charge on any atom is 0.416 e. The van der Waals surface area contributed by atoms with Gasteiger partial charge in [-0.1, -0.05) is 74.5 Å². The molecule has 1 unspecified atom stereocenters. The molecule has 1 N–H and O–H groups in total. The fraction of sp³-hybridized carbons (Fsp3) is 0.276. The smallest absolute Gasteiger partial charge is 0.356 e. The Labute approximate surface area is 203 Å². The molecule has 1 atom stereocenters. The zero-order valence-electron chi connectivity index (χ0n) is 19.8. The Balaban J connectivity index is 1.76. The van der Waals surface area contributed by atoms with Crippen LogP contribution in [0.1, 0.15) is 48.4 Å². The summed E-state index contributed by atoms with van der Waals surface area (Å²) in [4.78, 5) is 12.9. The molecule has 0 aliphatic heterocycles. The van der Waals surface area contributed by atoms with Gasteiger partial charge in [-0.2, -0.15) is 13.2 Å². The zero-order chi connectivity index (χ0) is 25.0. The highest BCUT2D eigenvalue weighted by atomic mass is 19.4. The Hall–Kier alpha value is -3.54. The number of amides is 1. The zero-order valence-corrected chi connectivity index (χ0v) is 19.8. The summed E-state index contributed by atoms with van der Waals surface area (Å²) in [6.45, 7) is 5.24. The van der Waals surface area contributed by atoms with E-state index in [0.29, 0.717) is 24.6 Å². The number of hydrogen-bond acceptors (Lipinski definition) is 1. The van der Waals surface area contributed by atoms with Crippen LogP contribution in [0.4, 0.5) is 13.2 Å². The Morgan fingerprint density at radius 1 is 0.914 bits per heavy atom. The van der Waals surface area contributed by atoms with Crippen molar-refractivity contribution in [2.75, 3.05) is 6.54 Å². The Kier molecular flexibility index (Phi) is 7.29. The van der Waals surface area contributed by atoms with Gasteiger partial charge in [0.25, 0.3) is 0 Å². The van der Waals surface area contributed by atoms with Crippen molar-refractivity contribution >= 4 is 16.8 Å². The van der Waals surface area contributed by atoms with Crippen LogP contribution in [0.25, 0.3) is 10.9 Å². The molecule has 0 fully saturated rings. The first-order valence-electron chi connectivity index (χ1n) is 11.8. The molecule has 0 saturated carbocycles. The highest BCUT2D eigenvalue weighted by molar-refractivity contribution is 5.86. The van der Waals surface area contributed by atoms with E-state index >= 15 is 0 Å². The van der Waals surface area contributed by atoms with Crippen LogP contribution in [0.15, 0.2) is 85.1 Å². The van der Waals surface area contributed by atoms with Gasteiger partial charge in [-0.3, -0.25) is 4.79 Å². The van der Waals surface area contributed by atoms with E-state index in [2.05, 4.69) is 22.0 Å². The SMILES string of the molecule is CC(C)CNC(=O)CC(c1ccc(C(F)(F)F)cc1)c1cn(Cc2ccccc2)c2ccccc12. The summed E-state index contributed by atoms with van der Waals surface area (Å²) in [5.41, 5.74) is 3.07. The third-order valence-electron chi connectivity index (χ3n) is 6.13. The number of fused-ring (bicyclic) bond motifs is 1. The van der Waals surface area contributed by atoms with Crippen LogP contribution in [0, 0.1) is 5.92 Å². The van der Waals surface area contributed by atoms with Crippen molar-refractivity contribution < 1.29 is 18.0 Å². The molecule has 0 saturated heterocycles. The van der Waals surface area contributed by atoms with Gasteiger partial charge in [0.05, 0.1) is 5.56 Å². The second kappa shape index (κ2) is 10.4. The van der Waals surface area contributed by atoms with Crippen molar-refractivity contribution in [3.05, 3.63) is 107 Å². The van der Waals surface area contributed by atoms with Crippen LogP contribution in [-0.2, 0) is 17.5 Å². The highest BCUT2D eigenvalue weighted by Gasteiger charge is 2.31. The highest BCUT2D eigenvalue weighted by Crippen LogP contribution is 2.37. The molecule has 35 heavy (non-hydrogen) atoms. The fourth-order valence-corrected chi connectivity index (χ4v) is 4.35. The number of nitrogens with zero attached hydrogens (tertiary/aromatic N) is 1. The lowest BCUT2D eigenvalue weighted by molar-refractivity contribution is -0.137. The molecule has 0 bridgehead atoms. The molecule has 0 aliphatic carbocycles. The van der Waals surface area contributed by atoms with Crippen LogP contribution in [-0.4, -0.2) is 17.0 Å². The summed E-state index contributed by atoms with van der Waals surface area (Å²) >= 11 is 0. The third-order valence-corrected chi connectivity index (χ3v) is 6.13. The third kappa shape index (κ3) is 5.94. The molecule has 182 valence electrons. The maximum atomic E-state index is 13.2. The van der Waals surface area contributed by atoms with Crippen LogP contribution in [0.2, 0.25) is 0 Å². The van der Waals surface area contributed by atoms with Gasteiger partial charge in [-0.15, -0.1) is 0 Å². The summed E-state index contributed by atoms with van der Waals surface area (Å²) in [6.07, 6.45) is -2.22. The lowest BCUT2D eigenvalue weighted by Crippen LogP contribution is -2.28. The minimum atomic E-state index is -4.41. The molecule has 0 aliphatic rings. The molecule has 4 rings (SSSR count). The normalized spacial score (nSPS) is 12.7. The lowest BCUT2D eigenvalue weighted by atomic mass is 9.87. The van der Waals surface area contributed by atoms with Crippen LogP contribution < -0.4 is 5.32 Å². The van der Waals surface area contributed by atoms with Gasteiger partial charge >= 0.3 is 6.18 Å². The van der Waals surface area contributed by atoms with Gasteiger partial charge < -0.3 is 9.88 Å². The molecule has 1 amide bonds. The minimum Gasteiger partial charge on any atom is -0.356 e. The lowest BCUT2D eigenvalue weighted by Gasteiger charge is -2.19. The predicted octanol–water partition coefficient (Wildman–Crippen LogP) is 7.00. The number of benzene rings is 3.